The van der Waals surface area contributed by atoms with E-state index in [2.05, 4.69) is 4.74 Å². The zero-order valence-electron chi connectivity index (χ0n) is 18.2. The van der Waals surface area contributed by atoms with Gasteiger partial charge >= 0.3 is 5.97 Å². The highest BCUT2D eigenvalue weighted by molar-refractivity contribution is 6.15. The van der Waals surface area contributed by atoms with Gasteiger partial charge in [0.25, 0.3) is 0 Å². The molecule has 1 aliphatic heterocycles. The maximum absolute atomic E-state index is 12.9. The molecular weight excluding hydrogens is 404 g/mol. The molecule has 3 rings (SSSR count). The first-order valence-electron chi connectivity index (χ1n) is 9.46. The number of hydrogen-bond acceptors (Lipinski definition) is 8. The number of fused-ring (bicyclic) bond motifs is 1. The summed E-state index contributed by atoms with van der Waals surface area (Å²) in [5.74, 6) is 1.56. The van der Waals surface area contributed by atoms with Crippen LogP contribution in [0.3, 0.4) is 0 Å². The van der Waals surface area contributed by atoms with E-state index in [1.807, 2.05) is 0 Å². The summed E-state index contributed by atoms with van der Waals surface area (Å²) in [6.45, 7) is 3.34. The van der Waals surface area contributed by atoms with Crippen LogP contribution in [0.5, 0.6) is 28.7 Å². The number of benzene rings is 2. The minimum Gasteiger partial charge on any atom is -0.493 e. The number of carbonyl (C=O) groups is 2. The monoisotopic (exact) mass is 428 g/mol. The Bertz CT molecular complexity index is 1030. The topological polar surface area (TPSA) is 89.5 Å². The molecule has 0 unspecified atom stereocenters. The fourth-order valence-electron chi connectivity index (χ4n) is 3.24. The van der Waals surface area contributed by atoms with Crippen molar-refractivity contribution in [3.05, 3.63) is 46.7 Å². The Morgan fingerprint density at radius 3 is 2.19 bits per heavy atom. The fraction of sp³-hybridized carbons (Fsp3) is 0.304. The summed E-state index contributed by atoms with van der Waals surface area (Å²) in [4.78, 5) is 24.5. The number of hydrogen-bond donors (Lipinski definition) is 0. The van der Waals surface area contributed by atoms with Crippen LogP contribution in [0.4, 0.5) is 0 Å². The molecule has 0 saturated carbocycles. The number of ether oxygens (including phenoxy) is 6. The summed E-state index contributed by atoms with van der Waals surface area (Å²) in [5.41, 5.74) is 1.66. The average Bonchev–Trinajstić information content (AvgIpc) is 3.10. The number of methoxy groups -OCH3 is 4. The van der Waals surface area contributed by atoms with Gasteiger partial charge in [0.05, 0.1) is 34.0 Å². The molecule has 0 aromatic heterocycles. The largest absolute Gasteiger partial charge is 0.493 e. The van der Waals surface area contributed by atoms with Crippen LogP contribution in [0.25, 0.3) is 6.08 Å². The molecule has 2 aromatic rings. The second-order valence-corrected chi connectivity index (χ2v) is 6.75. The highest BCUT2D eigenvalue weighted by Crippen LogP contribution is 2.42. The first-order valence-corrected chi connectivity index (χ1v) is 9.46. The smallest absolute Gasteiger partial charge is 0.346 e. The number of allylic oxidation sites excluding steroid dienone is 1. The van der Waals surface area contributed by atoms with Gasteiger partial charge in [-0.2, -0.15) is 0 Å². The van der Waals surface area contributed by atoms with Crippen molar-refractivity contribution in [2.75, 3.05) is 28.4 Å². The Balaban J connectivity index is 1.95. The van der Waals surface area contributed by atoms with Gasteiger partial charge < -0.3 is 28.4 Å². The quantitative estimate of drug-likeness (QED) is 0.488. The van der Waals surface area contributed by atoms with Crippen molar-refractivity contribution in [1.29, 1.82) is 0 Å². The van der Waals surface area contributed by atoms with Crippen LogP contribution in [0.2, 0.25) is 0 Å². The number of esters is 1. The van der Waals surface area contributed by atoms with Crippen molar-refractivity contribution >= 4 is 17.8 Å². The van der Waals surface area contributed by atoms with E-state index in [0.717, 1.165) is 0 Å². The molecule has 31 heavy (non-hydrogen) atoms. The molecule has 0 amide bonds. The molecule has 2 aromatic carbocycles. The van der Waals surface area contributed by atoms with Crippen molar-refractivity contribution in [2.45, 2.75) is 20.0 Å². The molecule has 0 spiro atoms. The van der Waals surface area contributed by atoms with E-state index >= 15 is 0 Å². The van der Waals surface area contributed by atoms with E-state index in [9.17, 15) is 9.59 Å². The highest BCUT2D eigenvalue weighted by atomic mass is 16.6. The van der Waals surface area contributed by atoms with Crippen LogP contribution >= 0.6 is 0 Å². The lowest BCUT2D eigenvalue weighted by Crippen LogP contribution is -2.25. The van der Waals surface area contributed by atoms with Crippen molar-refractivity contribution in [3.63, 3.8) is 0 Å². The summed E-state index contributed by atoms with van der Waals surface area (Å²) in [6.07, 6.45) is 0.803. The van der Waals surface area contributed by atoms with Crippen molar-refractivity contribution in [1.82, 2.24) is 0 Å². The third kappa shape index (κ3) is 4.14. The van der Waals surface area contributed by atoms with E-state index < -0.39 is 12.1 Å². The second-order valence-electron chi connectivity index (χ2n) is 6.75. The molecule has 1 aliphatic rings. The number of Topliss-reactive ketones (excluding diaryl/α,β-unsaturated/α-hetero) is 1. The molecule has 164 valence electrons. The Morgan fingerprint density at radius 1 is 1.00 bits per heavy atom. The summed E-state index contributed by atoms with van der Waals surface area (Å²) in [7, 11) is 5.84. The number of ketones is 1. The second kappa shape index (κ2) is 8.99. The average molecular weight is 428 g/mol. The SMILES string of the molecule is COC(=O)[C@@H](C)Oc1ccc2c(c1C)O/C(=C\c1cc(OC)c(OC)c(OC)c1)C2=O. The van der Waals surface area contributed by atoms with Gasteiger partial charge in [0.1, 0.15) is 11.5 Å². The Hall–Kier alpha value is -3.68. The van der Waals surface area contributed by atoms with E-state index in [-0.39, 0.29) is 11.5 Å². The zero-order valence-corrected chi connectivity index (χ0v) is 18.2. The van der Waals surface area contributed by atoms with Gasteiger partial charge in [-0.1, -0.05) is 0 Å². The summed E-state index contributed by atoms with van der Waals surface area (Å²) in [6, 6.07) is 6.68. The van der Waals surface area contributed by atoms with E-state index in [0.29, 0.717) is 45.4 Å². The van der Waals surface area contributed by atoms with Gasteiger partial charge in [-0.15, -0.1) is 0 Å². The predicted molar refractivity (Wildman–Crippen MR) is 112 cm³/mol. The molecule has 0 fully saturated rings. The molecule has 0 N–H and O–H groups in total. The molecule has 8 heteroatoms. The van der Waals surface area contributed by atoms with Gasteiger partial charge in [0.15, 0.2) is 23.4 Å². The lowest BCUT2D eigenvalue weighted by Gasteiger charge is -2.15. The molecule has 0 bridgehead atoms. The summed E-state index contributed by atoms with van der Waals surface area (Å²) >= 11 is 0. The van der Waals surface area contributed by atoms with Crippen LogP contribution in [0.1, 0.15) is 28.4 Å². The van der Waals surface area contributed by atoms with Crippen LogP contribution in [0, 0.1) is 6.92 Å². The standard InChI is InChI=1S/C23H24O8/c1-12-16(30-13(2)23(25)29-6)8-7-15-20(24)17(31-21(12)15)9-14-10-18(26-3)22(28-5)19(11-14)27-4/h7-11,13H,1-6H3/b17-9-/t13-/m1/s1. The molecule has 1 heterocycles. The number of carbonyl (C=O) groups excluding carboxylic acids is 2. The molecule has 1 atom stereocenters. The maximum Gasteiger partial charge on any atom is 0.346 e. The first-order chi connectivity index (χ1) is 14.8. The van der Waals surface area contributed by atoms with E-state index in [1.165, 1.54) is 28.4 Å². The van der Waals surface area contributed by atoms with Crippen LogP contribution in [0.15, 0.2) is 30.0 Å². The van der Waals surface area contributed by atoms with Gasteiger partial charge in [-0.05, 0) is 49.8 Å². The highest BCUT2D eigenvalue weighted by Gasteiger charge is 2.31. The lowest BCUT2D eigenvalue weighted by atomic mass is 10.1. The van der Waals surface area contributed by atoms with Crippen LogP contribution < -0.4 is 23.7 Å². The molecule has 0 radical (unpaired) electrons. The molecule has 8 nitrogen and oxygen atoms in total. The molecule has 0 aliphatic carbocycles. The molecule has 0 saturated heterocycles. The molecular formula is C23H24O8. The zero-order chi connectivity index (χ0) is 22.7. The normalized spacial score (nSPS) is 14.5. The van der Waals surface area contributed by atoms with Crippen molar-refractivity contribution < 1.29 is 38.0 Å². The van der Waals surface area contributed by atoms with Crippen LogP contribution in [-0.2, 0) is 9.53 Å². The van der Waals surface area contributed by atoms with Crippen molar-refractivity contribution in [3.8, 4) is 28.7 Å². The van der Waals surface area contributed by atoms with Gasteiger partial charge in [-0.3, -0.25) is 4.79 Å². The summed E-state index contributed by atoms with van der Waals surface area (Å²) < 4.78 is 32.3. The third-order valence-corrected chi connectivity index (χ3v) is 4.86. The Kier molecular flexibility index (Phi) is 6.39. The van der Waals surface area contributed by atoms with Crippen molar-refractivity contribution in [2.24, 2.45) is 0 Å². The van der Waals surface area contributed by atoms with E-state index in [1.54, 1.807) is 44.2 Å². The van der Waals surface area contributed by atoms with Crippen LogP contribution in [-0.4, -0.2) is 46.3 Å². The minimum absolute atomic E-state index is 0.144. The maximum atomic E-state index is 12.9. The van der Waals surface area contributed by atoms with Gasteiger partial charge in [0, 0.05) is 5.56 Å². The van der Waals surface area contributed by atoms with Gasteiger partial charge in [-0.25, -0.2) is 4.79 Å². The number of rotatable bonds is 7. The van der Waals surface area contributed by atoms with E-state index in [4.69, 9.17) is 23.7 Å². The van der Waals surface area contributed by atoms with Gasteiger partial charge in [0.2, 0.25) is 11.5 Å². The predicted octanol–water partition coefficient (Wildman–Crippen LogP) is 3.58. The minimum atomic E-state index is -0.798. The third-order valence-electron chi connectivity index (χ3n) is 4.86. The fourth-order valence-corrected chi connectivity index (χ4v) is 3.24. The lowest BCUT2D eigenvalue weighted by molar-refractivity contribution is -0.147. The summed E-state index contributed by atoms with van der Waals surface area (Å²) in [5, 5.41) is 0. The first kappa shape index (κ1) is 22.0. The Labute approximate surface area is 180 Å². The Morgan fingerprint density at radius 2 is 1.65 bits per heavy atom.